The third kappa shape index (κ3) is 2.25. The fourth-order valence-corrected chi connectivity index (χ4v) is 6.40. The van der Waals surface area contributed by atoms with Crippen LogP contribution in [0.1, 0.15) is 69.4 Å². The Bertz CT molecular complexity index is 596. The molecule has 2 heteroatoms. The van der Waals surface area contributed by atoms with E-state index >= 15 is 0 Å². The number of aliphatic hydroxyl groups is 1. The first-order chi connectivity index (χ1) is 11.0. The molecule has 0 saturated heterocycles. The number of rotatable bonds is 2. The highest BCUT2D eigenvalue weighted by atomic mass is 16.3. The van der Waals surface area contributed by atoms with Crippen LogP contribution in [0.25, 0.3) is 0 Å². The van der Waals surface area contributed by atoms with Gasteiger partial charge in [0.1, 0.15) is 5.75 Å². The summed E-state index contributed by atoms with van der Waals surface area (Å²) in [7, 11) is 0. The van der Waals surface area contributed by atoms with Crippen molar-refractivity contribution in [2.45, 2.75) is 70.8 Å². The maximum Gasteiger partial charge on any atom is 0.115 e. The zero-order chi connectivity index (χ0) is 16.2. The Labute approximate surface area is 139 Å². The van der Waals surface area contributed by atoms with E-state index in [1.807, 2.05) is 12.1 Å². The SMILES string of the molecule is CCCC1Cc2cc(O)ccc2C2CC[C@@]3(C)C(CC[C@@H]3O)C12. The van der Waals surface area contributed by atoms with Crippen LogP contribution in [-0.4, -0.2) is 16.3 Å². The van der Waals surface area contributed by atoms with E-state index in [9.17, 15) is 10.2 Å². The van der Waals surface area contributed by atoms with Crippen LogP contribution < -0.4 is 0 Å². The van der Waals surface area contributed by atoms with Crippen LogP contribution in [0.2, 0.25) is 0 Å². The second-order valence-electron chi connectivity index (χ2n) is 8.56. The zero-order valence-corrected chi connectivity index (χ0v) is 14.5. The summed E-state index contributed by atoms with van der Waals surface area (Å²) >= 11 is 0. The first kappa shape index (κ1) is 15.5. The second-order valence-corrected chi connectivity index (χ2v) is 8.56. The number of hydrogen-bond donors (Lipinski definition) is 2. The molecule has 0 bridgehead atoms. The van der Waals surface area contributed by atoms with E-state index in [1.54, 1.807) is 0 Å². The molecule has 0 radical (unpaired) electrons. The Morgan fingerprint density at radius 3 is 2.83 bits per heavy atom. The van der Waals surface area contributed by atoms with Crippen LogP contribution in [0.4, 0.5) is 0 Å². The van der Waals surface area contributed by atoms with Gasteiger partial charge in [-0.25, -0.2) is 0 Å². The minimum Gasteiger partial charge on any atom is -0.508 e. The molecule has 4 unspecified atom stereocenters. The molecule has 0 aromatic heterocycles. The van der Waals surface area contributed by atoms with E-state index in [0.29, 0.717) is 23.5 Å². The van der Waals surface area contributed by atoms with E-state index in [0.717, 1.165) is 25.2 Å². The summed E-state index contributed by atoms with van der Waals surface area (Å²) in [6, 6.07) is 6.05. The standard InChI is InChI=1S/C21H30O2/c1-3-4-13-11-14-12-15(22)5-6-16(14)17-9-10-21(2)18(20(13)17)7-8-19(21)23/h5-6,12-13,17-20,22-23H,3-4,7-11H2,1-2H3/t13?,17?,18?,19-,20?,21-/m0/s1. The molecule has 6 atom stereocenters. The van der Waals surface area contributed by atoms with E-state index < -0.39 is 0 Å². The van der Waals surface area contributed by atoms with Gasteiger partial charge >= 0.3 is 0 Å². The fraction of sp³-hybridized carbons (Fsp3) is 0.714. The van der Waals surface area contributed by atoms with Crippen molar-refractivity contribution in [3.63, 3.8) is 0 Å². The molecule has 3 aliphatic rings. The zero-order valence-electron chi connectivity index (χ0n) is 14.5. The van der Waals surface area contributed by atoms with Crippen molar-refractivity contribution in [1.82, 2.24) is 0 Å². The number of fused-ring (bicyclic) bond motifs is 5. The Morgan fingerprint density at radius 1 is 1.22 bits per heavy atom. The minimum absolute atomic E-state index is 0.100. The number of hydrogen-bond acceptors (Lipinski definition) is 2. The van der Waals surface area contributed by atoms with Gasteiger partial charge in [-0.05, 0) is 84.5 Å². The van der Waals surface area contributed by atoms with Crippen molar-refractivity contribution >= 4 is 0 Å². The monoisotopic (exact) mass is 314 g/mol. The highest BCUT2D eigenvalue weighted by molar-refractivity contribution is 5.40. The Balaban J connectivity index is 1.76. The van der Waals surface area contributed by atoms with Crippen molar-refractivity contribution in [2.24, 2.45) is 23.2 Å². The molecule has 0 aliphatic heterocycles. The molecule has 3 aliphatic carbocycles. The largest absolute Gasteiger partial charge is 0.508 e. The lowest BCUT2D eigenvalue weighted by molar-refractivity contribution is -0.0394. The summed E-state index contributed by atoms with van der Waals surface area (Å²) < 4.78 is 0. The predicted octanol–water partition coefficient (Wildman–Crippen LogP) is 4.64. The molecule has 2 N–H and O–H groups in total. The fourth-order valence-electron chi connectivity index (χ4n) is 6.40. The summed E-state index contributed by atoms with van der Waals surface area (Å²) in [5.74, 6) is 3.17. The lowest BCUT2D eigenvalue weighted by Crippen LogP contribution is -2.47. The molecule has 0 heterocycles. The molecule has 2 saturated carbocycles. The number of aromatic hydroxyl groups is 1. The first-order valence-electron chi connectivity index (χ1n) is 9.54. The molecule has 2 nitrogen and oxygen atoms in total. The molecule has 1 aromatic rings. The molecule has 4 rings (SSSR count). The Morgan fingerprint density at radius 2 is 2.04 bits per heavy atom. The number of phenols is 1. The van der Waals surface area contributed by atoms with Gasteiger partial charge in [0, 0.05) is 0 Å². The first-order valence-corrected chi connectivity index (χ1v) is 9.54. The van der Waals surface area contributed by atoms with E-state index in [1.165, 1.54) is 36.8 Å². The summed E-state index contributed by atoms with van der Waals surface area (Å²) in [4.78, 5) is 0. The predicted molar refractivity (Wildman–Crippen MR) is 92.5 cm³/mol. The minimum atomic E-state index is -0.100. The smallest absolute Gasteiger partial charge is 0.115 e. The van der Waals surface area contributed by atoms with Gasteiger partial charge in [0.05, 0.1) is 6.10 Å². The van der Waals surface area contributed by atoms with Gasteiger partial charge in [0.2, 0.25) is 0 Å². The van der Waals surface area contributed by atoms with Gasteiger partial charge in [0.15, 0.2) is 0 Å². The quantitative estimate of drug-likeness (QED) is 0.835. The number of phenolic OH excluding ortho intramolecular Hbond substituents is 1. The van der Waals surface area contributed by atoms with Gasteiger partial charge < -0.3 is 10.2 Å². The molecular formula is C21H30O2. The summed E-state index contributed by atoms with van der Waals surface area (Å²) in [5, 5.41) is 20.5. The normalized spacial score (nSPS) is 42.0. The van der Waals surface area contributed by atoms with Gasteiger partial charge in [-0.1, -0.05) is 32.8 Å². The maximum absolute atomic E-state index is 10.6. The summed E-state index contributed by atoms with van der Waals surface area (Å²) in [6.45, 7) is 4.64. The van der Waals surface area contributed by atoms with E-state index in [2.05, 4.69) is 19.9 Å². The van der Waals surface area contributed by atoms with Crippen molar-refractivity contribution < 1.29 is 10.2 Å². The third-order valence-corrected chi connectivity index (χ3v) is 7.49. The van der Waals surface area contributed by atoms with Crippen molar-refractivity contribution in [3.05, 3.63) is 29.3 Å². The van der Waals surface area contributed by atoms with Crippen LogP contribution >= 0.6 is 0 Å². The van der Waals surface area contributed by atoms with Gasteiger partial charge in [-0.2, -0.15) is 0 Å². The average Bonchev–Trinajstić information content (AvgIpc) is 2.83. The summed E-state index contributed by atoms with van der Waals surface area (Å²) in [6.07, 6.45) is 8.07. The van der Waals surface area contributed by atoms with Crippen LogP contribution in [0, 0.1) is 23.2 Å². The lowest BCUT2D eigenvalue weighted by atomic mass is 9.52. The molecule has 126 valence electrons. The topological polar surface area (TPSA) is 40.5 Å². The molecular weight excluding hydrogens is 284 g/mol. The van der Waals surface area contributed by atoms with Crippen LogP contribution in [0.15, 0.2) is 18.2 Å². The van der Waals surface area contributed by atoms with Gasteiger partial charge in [0.25, 0.3) is 0 Å². The van der Waals surface area contributed by atoms with Crippen LogP contribution in [-0.2, 0) is 6.42 Å². The molecule has 23 heavy (non-hydrogen) atoms. The van der Waals surface area contributed by atoms with Crippen molar-refractivity contribution in [2.75, 3.05) is 0 Å². The maximum atomic E-state index is 10.6. The Kier molecular flexibility index (Phi) is 3.72. The summed E-state index contributed by atoms with van der Waals surface area (Å²) in [5.41, 5.74) is 3.01. The number of aliphatic hydroxyl groups excluding tert-OH is 1. The molecule has 0 amide bonds. The number of benzene rings is 1. The lowest BCUT2D eigenvalue weighted by Gasteiger charge is -2.53. The van der Waals surface area contributed by atoms with E-state index in [4.69, 9.17) is 0 Å². The van der Waals surface area contributed by atoms with Crippen molar-refractivity contribution in [1.29, 1.82) is 0 Å². The highest BCUT2D eigenvalue weighted by Gasteiger charge is 2.56. The van der Waals surface area contributed by atoms with Gasteiger partial charge in [-0.3, -0.25) is 0 Å². The molecule has 1 aromatic carbocycles. The molecule has 0 spiro atoms. The second kappa shape index (κ2) is 5.51. The third-order valence-electron chi connectivity index (χ3n) is 7.49. The van der Waals surface area contributed by atoms with Gasteiger partial charge in [-0.15, -0.1) is 0 Å². The van der Waals surface area contributed by atoms with E-state index in [-0.39, 0.29) is 11.5 Å². The Hall–Kier alpha value is -1.02. The highest BCUT2D eigenvalue weighted by Crippen LogP contribution is 2.62. The average molecular weight is 314 g/mol. The molecule has 2 fully saturated rings. The van der Waals surface area contributed by atoms with Crippen LogP contribution in [0.5, 0.6) is 5.75 Å². The van der Waals surface area contributed by atoms with Crippen molar-refractivity contribution in [3.8, 4) is 5.75 Å². The van der Waals surface area contributed by atoms with Crippen LogP contribution in [0.3, 0.4) is 0 Å².